The smallest absolute Gasteiger partial charge is 0.250 e. The number of halogens is 1. The number of hydrogen-bond acceptors (Lipinski definition) is 6. The minimum atomic E-state index is -0.293. The molecule has 0 aliphatic heterocycles. The third kappa shape index (κ3) is 5.52. The molecule has 0 atom stereocenters. The number of aromatic hydroxyl groups is 1. The molecule has 2 N–H and O–H groups in total. The number of ether oxygens (including phenoxy) is 1. The van der Waals surface area contributed by atoms with Crippen molar-refractivity contribution >= 4 is 46.5 Å². The van der Waals surface area contributed by atoms with E-state index in [-0.39, 0.29) is 17.4 Å². The predicted molar refractivity (Wildman–Crippen MR) is 136 cm³/mol. The van der Waals surface area contributed by atoms with Gasteiger partial charge in [-0.3, -0.25) is 4.79 Å². The van der Waals surface area contributed by atoms with Crippen LogP contribution in [0.25, 0.3) is 11.0 Å². The number of para-hydroxylation sites is 3. The Balaban J connectivity index is 1.44. The highest BCUT2D eigenvalue weighted by Gasteiger charge is 2.14. The fraction of sp³-hybridized carbons (Fsp3) is 0.160. The summed E-state index contributed by atoms with van der Waals surface area (Å²) < 4.78 is 7.41. The molecule has 0 saturated heterocycles. The molecule has 0 saturated carbocycles. The molecule has 0 unspecified atom stereocenters. The SMILES string of the molecule is CCOc1cccc(/C=N\NC(=O)CSc2nc3ccccc3n2Cc2ccccc2Cl)c1O. The second-order valence-electron chi connectivity index (χ2n) is 7.27. The van der Waals surface area contributed by atoms with Gasteiger partial charge in [-0.1, -0.05) is 59.8 Å². The van der Waals surface area contributed by atoms with Crippen molar-refractivity contribution in [2.24, 2.45) is 5.10 Å². The van der Waals surface area contributed by atoms with Gasteiger partial charge in [-0.05, 0) is 42.8 Å². The third-order valence-electron chi connectivity index (χ3n) is 4.96. The molecule has 0 bridgehead atoms. The van der Waals surface area contributed by atoms with Crippen LogP contribution in [0.15, 0.2) is 77.0 Å². The van der Waals surface area contributed by atoms with Gasteiger partial charge in [0.25, 0.3) is 5.91 Å². The Labute approximate surface area is 206 Å². The van der Waals surface area contributed by atoms with Crippen LogP contribution in [0.4, 0.5) is 0 Å². The van der Waals surface area contributed by atoms with Crippen molar-refractivity contribution in [1.29, 1.82) is 0 Å². The Hall–Kier alpha value is -3.49. The first-order valence-corrected chi connectivity index (χ1v) is 12.0. The highest BCUT2D eigenvalue weighted by Crippen LogP contribution is 2.29. The lowest BCUT2D eigenvalue weighted by molar-refractivity contribution is -0.118. The normalized spacial score (nSPS) is 11.2. The van der Waals surface area contributed by atoms with Crippen molar-refractivity contribution < 1.29 is 14.6 Å². The maximum Gasteiger partial charge on any atom is 0.250 e. The van der Waals surface area contributed by atoms with Gasteiger partial charge in [0.05, 0.1) is 36.2 Å². The van der Waals surface area contributed by atoms with Gasteiger partial charge >= 0.3 is 0 Å². The van der Waals surface area contributed by atoms with Crippen LogP contribution in [0.1, 0.15) is 18.1 Å². The number of phenolic OH excluding ortho intramolecular Hbond substituents is 1. The number of amides is 1. The largest absolute Gasteiger partial charge is 0.504 e. The van der Waals surface area contributed by atoms with E-state index in [1.54, 1.807) is 18.2 Å². The summed E-state index contributed by atoms with van der Waals surface area (Å²) in [6, 6.07) is 20.6. The molecule has 1 heterocycles. The molecule has 0 radical (unpaired) electrons. The zero-order chi connectivity index (χ0) is 23.9. The van der Waals surface area contributed by atoms with E-state index in [4.69, 9.17) is 21.3 Å². The van der Waals surface area contributed by atoms with Crippen molar-refractivity contribution in [2.45, 2.75) is 18.6 Å². The first-order valence-electron chi connectivity index (χ1n) is 10.6. The molecule has 0 aliphatic rings. The molecule has 3 aromatic carbocycles. The van der Waals surface area contributed by atoms with Gasteiger partial charge in [0.1, 0.15) is 0 Å². The zero-order valence-corrected chi connectivity index (χ0v) is 20.0. The first-order chi connectivity index (χ1) is 16.6. The van der Waals surface area contributed by atoms with Crippen LogP contribution in [-0.4, -0.2) is 39.1 Å². The highest BCUT2D eigenvalue weighted by molar-refractivity contribution is 7.99. The third-order valence-corrected chi connectivity index (χ3v) is 6.31. The van der Waals surface area contributed by atoms with Crippen LogP contribution < -0.4 is 10.2 Å². The molecule has 0 fully saturated rings. The topological polar surface area (TPSA) is 88.7 Å². The van der Waals surface area contributed by atoms with E-state index in [1.165, 1.54) is 18.0 Å². The first kappa shape index (κ1) is 23.7. The predicted octanol–water partition coefficient (Wildman–Crippen LogP) is 5.08. The number of thioether (sulfide) groups is 1. The fourth-order valence-corrected chi connectivity index (χ4v) is 4.37. The summed E-state index contributed by atoms with van der Waals surface area (Å²) in [6.07, 6.45) is 1.38. The Kier molecular flexibility index (Phi) is 7.72. The van der Waals surface area contributed by atoms with Crippen LogP contribution in [-0.2, 0) is 11.3 Å². The lowest BCUT2D eigenvalue weighted by Crippen LogP contribution is -2.20. The summed E-state index contributed by atoms with van der Waals surface area (Å²) in [4.78, 5) is 17.1. The van der Waals surface area contributed by atoms with Gasteiger partial charge in [0.15, 0.2) is 16.7 Å². The van der Waals surface area contributed by atoms with E-state index < -0.39 is 0 Å². The summed E-state index contributed by atoms with van der Waals surface area (Å²) in [5.41, 5.74) is 5.72. The minimum Gasteiger partial charge on any atom is -0.504 e. The van der Waals surface area contributed by atoms with Gasteiger partial charge in [0, 0.05) is 10.6 Å². The van der Waals surface area contributed by atoms with Crippen LogP contribution >= 0.6 is 23.4 Å². The molecule has 0 spiro atoms. The lowest BCUT2D eigenvalue weighted by atomic mass is 10.2. The van der Waals surface area contributed by atoms with E-state index in [0.29, 0.717) is 34.6 Å². The number of hydrazone groups is 1. The molecule has 7 nitrogen and oxygen atoms in total. The molecular weight excluding hydrogens is 472 g/mol. The maximum atomic E-state index is 12.4. The Bertz CT molecular complexity index is 1340. The number of fused-ring (bicyclic) bond motifs is 1. The maximum absolute atomic E-state index is 12.4. The van der Waals surface area contributed by atoms with E-state index >= 15 is 0 Å². The second kappa shape index (κ2) is 11.1. The quantitative estimate of drug-likeness (QED) is 0.192. The molecule has 4 aromatic rings. The summed E-state index contributed by atoms with van der Waals surface area (Å²) in [5, 5.41) is 15.6. The average Bonchev–Trinajstić information content (AvgIpc) is 3.19. The van der Waals surface area contributed by atoms with Crippen molar-refractivity contribution in [3.8, 4) is 11.5 Å². The van der Waals surface area contributed by atoms with Gasteiger partial charge in [-0.25, -0.2) is 10.4 Å². The van der Waals surface area contributed by atoms with Gasteiger partial charge < -0.3 is 14.4 Å². The van der Waals surface area contributed by atoms with Crippen molar-refractivity contribution in [3.63, 3.8) is 0 Å². The Morgan fingerprint density at radius 2 is 1.97 bits per heavy atom. The number of rotatable bonds is 9. The fourth-order valence-electron chi connectivity index (χ4n) is 3.36. The highest BCUT2D eigenvalue weighted by atomic mass is 35.5. The van der Waals surface area contributed by atoms with Crippen LogP contribution in [0.3, 0.4) is 0 Å². The molecule has 174 valence electrons. The van der Waals surface area contributed by atoms with Gasteiger partial charge in [-0.15, -0.1) is 0 Å². The van der Waals surface area contributed by atoms with E-state index in [9.17, 15) is 9.90 Å². The number of phenols is 1. The van der Waals surface area contributed by atoms with E-state index in [1.807, 2.05) is 55.5 Å². The monoisotopic (exact) mass is 494 g/mol. The van der Waals surface area contributed by atoms with Crippen molar-refractivity contribution in [1.82, 2.24) is 15.0 Å². The number of benzene rings is 3. The number of aromatic nitrogens is 2. The van der Waals surface area contributed by atoms with Crippen molar-refractivity contribution in [2.75, 3.05) is 12.4 Å². The van der Waals surface area contributed by atoms with Gasteiger partial charge in [-0.2, -0.15) is 5.10 Å². The molecule has 34 heavy (non-hydrogen) atoms. The second-order valence-corrected chi connectivity index (χ2v) is 8.62. The molecule has 4 rings (SSSR count). The average molecular weight is 495 g/mol. The number of carbonyl (C=O) groups is 1. The molecule has 1 aromatic heterocycles. The molecule has 0 aliphatic carbocycles. The number of nitrogens with zero attached hydrogens (tertiary/aromatic N) is 3. The zero-order valence-electron chi connectivity index (χ0n) is 18.4. The van der Waals surface area contributed by atoms with E-state index in [2.05, 4.69) is 15.1 Å². The van der Waals surface area contributed by atoms with E-state index in [0.717, 1.165) is 16.6 Å². The van der Waals surface area contributed by atoms with Crippen LogP contribution in [0.5, 0.6) is 11.5 Å². The van der Waals surface area contributed by atoms with Crippen LogP contribution in [0, 0.1) is 0 Å². The minimum absolute atomic E-state index is 0.0231. The number of nitrogens with one attached hydrogen (secondary N) is 1. The standard InChI is InChI=1S/C25H23ClN4O3S/c1-2-33-22-13-7-9-17(24(22)32)14-27-29-23(31)16-34-25-28-20-11-5-6-12-21(20)30(25)15-18-8-3-4-10-19(18)26/h3-14,32H,2,15-16H2,1H3,(H,29,31)/b27-14-. The summed E-state index contributed by atoms with van der Waals surface area (Å²) >= 11 is 7.69. The van der Waals surface area contributed by atoms with Crippen molar-refractivity contribution in [3.05, 3.63) is 82.9 Å². The molecular formula is C25H23ClN4O3S. The summed E-state index contributed by atoms with van der Waals surface area (Å²) in [7, 11) is 0. The summed E-state index contributed by atoms with van der Waals surface area (Å²) in [6.45, 7) is 2.81. The number of imidazole rings is 1. The Morgan fingerprint density at radius 1 is 1.18 bits per heavy atom. The summed E-state index contributed by atoms with van der Waals surface area (Å²) in [5.74, 6) is 0.169. The van der Waals surface area contributed by atoms with Gasteiger partial charge in [0.2, 0.25) is 0 Å². The Morgan fingerprint density at radius 3 is 2.79 bits per heavy atom. The van der Waals surface area contributed by atoms with Crippen LogP contribution in [0.2, 0.25) is 5.02 Å². The lowest BCUT2D eigenvalue weighted by Gasteiger charge is -2.10. The molecule has 9 heteroatoms. The number of carbonyl (C=O) groups excluding carboxylic acids is 1. The number of hydrogen-bond donors (Lipinski definition) is 2. The molecule has 1 amide bonds.